The van der Waals surface area contributed by atoms with Crippen molar-refractivity contribution in [3.8, 4) is 0 Å². The van der Waals surface area contributed by atoms with Crippen molar-refractivity contribution in [1.29, 1.82) is 0 Å². The van der Waals surface area contributed by atoms with Crippen molar-refractivity contribution in [2.75, 3.05) is 6.54 Å². The number of nitrogens with two attached hydrogens (primary N) is 2. The lowest BCUT2D eigenvalue weighted by Gasteiger charge is -2.44. The number of rotatable bonds is 9. The van der Waals surface area contributed by atoms with E-state index in [0.717, 1.165) is 0 Å². The van der Waals surface area contributed by atoms with Crippen LogP contribution in [0.25, 0.3) is 0 Å². The van der Waals surface area contributed by atoms with E-state index in [1.807, 2.05) is 0 Å². The van der Waals surface area contributed by atoms with Gasteiger partial charge in [-0.25, -0.2) is 9.59 Å². The van der Waals surface area contributed by atoms with Crippen LogP contribution in [0, 0.1) is 5.41 Å². The largest absolute Gasteiger partial charge is 0.459 e. The van der Waals surface area contributed by atoms with E-state index >= 15 is 0 Å². The van der Waals surface area contributed by atoms with Crippen LogP contribution >= 0.6 is 0 Å². The van der Waals surface area contributed by atoms with Crippen LogP contribution < -0.4 is 11.5 Å². The molecule has 0 amide bonds. The molecule has 0 aromatic carbocycles. The second kappa shape index (κ2) is 11.5. The first kappa shape index (κ1) is 33.8. The lowest BCUT2D eigenvalue weighted by atomic mass is 9.65. The van der Waals surface area contributed by atoms with E-state index in [9.17, 15) is 19.2 Å². The SMILES string of the molecule is CC(C)(C)OC(=O)C(N)(C(=O)OC(C)(C)C)C(CCCCN)(C(=O)OC(C)(C)C)C(=O)OC(C)(C)C. The molecule has 0 aliphatic carbocycles. The zero-order valence-corrected chi connectivity index (χ0v) is 24.2. The topological polar surface area (TPSA) is 157 Å². The van der Waals surface area contributed by atoms with E-state index in [1.165, 1.54) is 0 Å². The molecule has 0 saturated heterocycles. The van der Waals surface area contributed by atoms with Crippen LogP contribution in [0.2, 0.25) is 0 Å². The van der Waals surface area contributed by atoms with Crippen LogP contribution in [-0.4, -0.2) is 58.4 Å². The summed E-state index contributed by atoms with van der Waals surface area (Å²) in [7, 11) is 0. The molecule has 0 atom stereocenters. The minimum atomic E-state index is -2.94. The number of unbranched alkanes of at least 4 members (excludes halogenated alkanes) is 1. The highest BCUT2D eigenvalue weighted by molar-refractivity contribution is 6.18. The van der Waals surface area contributed by atoms with E-state index in [1.54, 1.807) is 83.1 Å². The standard InChI is InChI=1S/C26H48N2O8/c1-21(2,3)33-17(29)25(15-13-14-16-27,18(30)34-22(4,5)6)26(28,19(31)35-23(7,8)9)20(32)36-24(10,11)12/h13-16,27-28H2,1-12H3. The summed E-state index contributed by atoms with van der Waals surface area (Å²) in [4.78, 5) is 55.4. The summed E-state index contributed by atoms with van der Waals surface area (Å²) in [5, 5.41) is 0. The maximum Gasteiger partial charge on any atom is 0.340 e. The molecule has 0 aromatic rings. The fourth-order valence-electron chi connectivity index (χ4n) is 3.22. The second-order valence-corrected chi connectivity index (χ2v) is 13.0. The summed E-state index contributed by atoms with van der Waals surface area (Å²) < 4.78 is 22.2. The van der Waals surface area contributed by atoms with Crippen LogP contribution in [-0.2, 0) is 38.1 Å². The summed E-state index contributed by atoms with van der Waals surface area (Å²) in [5.74, 6) is -5.01. The molecule has 0 aliphatic heterocycles. The van der Waals surface area contributed by atoms with Crippen molar-refractivity contribution in [1.82, 2.24) is 0 Å². The quantitative estimate of drug-likeness (QED) is 0.202. The number of hydrogen-bond donors (Lipinski definition) is 2. The van der Waals surface area contributed by atoms with Crippen LogP contribution in [0.4, 0.5) is 0 Å². The van der Waals surface area contributed by atoms with Crippen LogP contribution in [0.15, 0.2) is 0 Å². The van der Waals surface area contributed by atoms with E-state index < -0.39 is 57.2 Å². The second-order valence-electron chi connectivity index (χ2n) is 13.0. The highest BCUT2D eigenvalue weighted by Crippen LogP contribution is 2.43. The van der Waals surface area contributed by atoms with Gasteiger partial charge in [-0.05, 0) is 102 Å². The first-order valence-electron chi connectivity index (χ1n) is 12.2. The molecule has 210 valence electrons. The Morgan fingerprint density at radius 2 is 0.806 bits per heavy atom. The molecule has 4 N–H and O–H groups in total. The van der Waals surface area contributed by atoms with E-state index in [0.29, 0.717) is 6.42 Å². The van der Waals surface area contributed by atoms with E-state index in [-0.39, 0.29) is 19.4 Å². The van der Waals surface area contributed by atoms with Gasteiger partial charge in [-0.3, -0.25) is 9.59 Å². The lowest BCUT2D eigenvalue weighted by Crippen LogP contribution is -2.74. The minimum Gasteiger partial charge on any atom is -0.459 e. The number of ether oxygens (including phenoxy) is 4. The third-order valence-corrected chi connectivity index (χ3v) is 4.62. The van der Waals surface area contributed by atoms with Gasteiger partial charge in [-0.2, -0.15) is 0 Å². The van der Waals surface area contributed by atoms with Crippen LogP contribution in [0.3, 0.4) is 0 Å². The molecule has 36 heavy (non-hydrogen) atoms. The Bertz CT molecular complexity index is 752. The van der Waals surface area contributed by atoms with Gasteiger partial charge in [0, 0.05) is 0 Å². The molecule has 0 rings (SSSR count). The molecule has 0 unspecified atom stereocenters. The Hall–Kier alpha value is -2.20. The summed E-state index contributed by atoms with van der Waals surface area (Å²) in [6, 6.07) is 0. The normalized spacial score (nSPS) is 13.6. The fourth-order valence-corrected chi connectivity index (χ4v) is 3.22. The average molecular weight is 517 g/mol. The highest BCUT2D eigenvalue weighted by Gasteiger charge is 2.72. The molecule has 0 aromatic heterocycles. The van der Waals surface area contributed by atoms with Gasteiger partial charge in [0.15, 0.2) is 0 Å². The smallest absolute Gasteiger partial charge is 0.340 e. The summed E-state index contributed by atoms with van der Waals surface area (Å²) in [6.45, 7) is 19.2. The molecular formula is C26H48N2O8. The van der Waals surface area contributed by atoms with Gasteiger partial charge in [0.05, 0.1) is 0 Å². The van der Waals surface area contributed by atoms with Gasteiger partial charge in [0.25, 0.3) is 0 Å². The molecule has 0 saturated carbocycles. The van der Waals surface area contributed by atoms with Gasteiger partial charge < -0.3 is 30.4 Å². The predicted octanol–water partition coefficient (Wildman–Crippen LogP) is 3.17. The molecule has 0 radical (unpaired) electrons. The highest BCUT2D eigenvalue weighted by atomic mass is 16.6. The summed E-state index contributed by atoms with van der Waals surface area (Å²) >= 11 is 0. The summed E-state index contributed by atoms with van der Waals surface area (Å²) in [5.41, 5.74) is 2.29. The van der Waals surface area contributed by atoms with Crippen LogP contribution in [0.1, 0.15) is 102 Å². The van der Waals surface area contributed by atoms with Crippen molar-refractivity contribution >= 4 is 23.9 Å². The molecule has 10 nitrogen and oxygen atoms in total. The fraction of sp³-hybridized carbons (Fsp3) is 0.846. The molecule has 0 heterocycles. The van der Waals surface area contributed by atoms with Crippen molar-refractivity contribution in [2.45, 2.75) is 130 Å². The van der Waals surface area contributed by atoms with Gasteiger partial charge in [-0.15, -0.1) is 0 Å². The van der Waals surface area contributed by atoms with Crippen LogP contribution in [0.5, 0.6) is 0 Å². The van der Waals surface area contributed by atoms with Crippen molar-refractivity contribution < 1.29 is 38.1 Å². The van der Waals surface area contributed by atoms with Gasteiger partial charge in [0.1, 0.15) is 22.4 Å². The lowest BCUT2D eigenvalue weighted by molar-refractivity contribution is -0.208. The number of carbonyl (C=O) groups excluding carboxylic acids is 4. The third kappa shape index (κ3) is 9.35. The molecule has 0 aliphatic rings. The minimum absolute atomic E-state index is 0.152. The molecular weight excluding hydrogens is 468 g/mol. The van der Waals surface area contributed by atoms with E-state index in [2.05, 4.69) is 0 Å². The van der Waals surface area contributed by atoms with Crippen molar-refractivity contribution in [2.24, 2.45) is 16.9 Å². The Labute approximate surface area is 216 Å². The van der Waals surface area contributed by atoms with Gasteiger partial charge in [0.2, 0.25) is 11.0 Å². The number of hydrogen-bond acceptors (Lipinski definition) is 10. The Morgan fingerprint density at radius 3 is 1.06 bits per heavy atom. The maximum absolute atomic E-state index is 13.9. The monoisotopic (exact) mass is 516 g/mol. The zero-order valence-electron chi connectivity index (χ0n) is 24.2. The zero-order chi connectivity index (χ0) is 29.0. The first-order chi connectivity index (χ1) is 15.8. The predicted molar refractivity (Wildman–Crippen MR) is 136 cm³/mol. The Balaban J connectivity index is 7.56. The average Bonchev–Trinajstić information content (AvgIpc) is 2.58. The molecule has 10 heteroatoms. The molecule has 0 fully saturated rings. The first-order valence-corrected chi connectivity index (χ1v) is 12.2. The van der Waals surface area contributed by atoms with Gasteiger partial charge >= 0.3 is 23.9 Å². The summed E-state index contributed by atoms with van der Waals surface area (Å²) in [6.07, 6.45) is 0.147. The third-order valence-electron chi connectivity index (χ3n) is 4.62. The van der Waals surface area contributed by atoms with Gasteiger partial charge in [-0.1, -0.05) is 6.42 Å². The Morgan fingerprint density at radius 1 is 0.528 bits per heavy atom. The van der Waals surface area contributed by atoms with E-state index in [4.69, 9.17) is 30.4 Å². The number of esters is 4. The van der Waals surface area contributed by atoms with Crippen molar-refractivity contribution in [3.63, 3.8) is 0 Å². The molecule has 0 spiro atoms. The molecule has 0 bridgehead atoms. The maximum atomic E-state index is 13.9. The number of carbonyl (C=O) groups is 4. The Kier molecular flexibility index (Phi) is 10.8. The van der Waals surface area contributed by atoms with Crippen molar-refractivity contribution in [3.05, 3.63) is 0 Å².